The number of anilines is 1. The Bertz CT molecular complexity index is 1290. The molecular weight excluding hydrogens is 522 g/mol. The largest absolute Gasteiger partial charge is 0.507 e. The summed E-state index contributed by atoms with van der Waals surface area (Å²) < 4.78 is 26.6. The fourth-order valence-corrected chi connectivity index (χ4v) is 6.25. The molecule has 3 N–H and O–H groups in total. The smallest absolute Gasteiger partial charge is 0.255 e. The quantitative estimate of drug-likeness (QED) is 0.235. The van der Waals surface area contributed by atoms with Gasteiger partial charge in [0.1, 0.15) is 5.75 Å². The second kappa shape index (κ2) is 13.9. The molecule has 0 saturated heterocycles. The number of para-hydroxylation sites is 1. The van der Waals surface area contributed by atoms with Gasteiger partial charge < -0.3 is 15.3 Å². The Morgan fingerprint density at radius 2 is 1.70 bits per heavy atom. The fourth-order valence-electron chi connectivity index (χ4n) is 5.84. The third kappa shape index (κ3) is 8.46. The van der Waals surface area contributed by atoms with Crippen LogP contribution in [0.2, 0.25) is 0 Å². The van der Waals surface area contributed by atoms with Crippen molar-refractivity contribution in [3.05, 3.63) is 57.6 Å². The van der Waals surface area contributed by atoms with Crippen LogP contribution in [-0.2, 0) is 29.4 Å². The van der Waals surface area contributed by atoms with Crippen LogP contribution in [0.15, 0.2) is 24.3 Å². The van der Waals surface area contributed by atoms with Crippen molar-refractivity contribution in [3.8, 4) is 5.75 Å². The summed E-state index contributed by atoms with van der Waals surface area (Å²) in [6.45, 7) is 13.5. The van der Waals surface area contributed by atoms with Gasteiger partial charge in [-0.1, -0.05) is 65.0 Å². The molecule has 0 atom stereocenters. The zero-order valence-corrected chi connectivity index (χ0v) is 26.1. The predicted molar refractivity (Wildman–Crippen MR) is 165 cm³/mol. The van der Waals surface area contributed by atoms with Gasteiger partial charge in [0.15, 0.2) is 0 Å². The summed E-state index contributed by atoms with van der Waals surface area (Å²) in [6, 6.07) is 6.58. The molecule has 8 heteroatoms. The predicted octanol–water partition coefficient (Wildman–Crippen LogP) is 5.78. The van der Waals surface area contributed by atoms with Gasteiger partial charge in [0.2, 0.25) is 10.0 Å². The molecule has 1 aliphatic heterocycles. The molecule has 3 rings (SSSR count). The highest BCUT2D eigenvalue weighted by Crippen LogP contribution is 2.42. The number of hydrogen-bond acceptors (Lipinski definition) is 5. The average Bonchev–Trinajstić information content (AvgIpc) is 3.31. The molecule has 7 nitrogen and oxygen atoms in total. The molecule has 1 heterocycles. The molecule has 1 amide bonds. The van der Waals surface area contributed by atoms with Gasteiger partial charge in [-0.15, -0.1) is 0 Å². The Morgan fingerprint density at radius 3 is 2.38 bits per heavy atom. The zero-order chi connectivity index (χ0) is 29.5. The third-order valence-electron chi connectivity index (χ3n) is 8.15. The summed E-state index contributed by atoms with van der Waals surface area (Å²) in [5.41, 5.74) is 7.24. The number of benzene rings is 2. The van der Waals surface area contributed by atoms with E-state index in [0.29, 0.717) is 6.54 Å². The standard InChI is InChI=1S/C32H49N3O4S/c1-7-8-9-10-11-14-18-35-19-17-25-23(2)28(21-34-40(6,38)39)24(3)27(30(25)35)20-32(4,5)22-33-31(37)26-15-12-13-16-29(26)36/h12-13,15-16,34,36H,7-11,14,17-22H2,1-6H3,(H,33,37). The van der Waals surface area contributed by atoms with Crippen molar-refractivity contribution in [2.45, 2.75) is 92.5 Å². The Kier molecular flexibility index (Phi) is 11.1. The minimum absolute atomic E-state index is 0.0293. The van der Waals surface area contributed by atoms with Crippen LogP contribution in [0.3, 0.4) is 0 Å². The van der Waals surface area contributed by atoms with Crippen molar-refractivity contribution in [2.24, 2.45) is 5.41 Å². The van der Waals surface area contributed by atoms with Crippen molar-refractivity contribution in [2.75, 3.05) is 30.8 Å². The van der Waals surface area contributed by atoms with Crippen LogP contribution in [0.4, 0.5) is 5.69 Å². The molecule has 1 aliphatic rings. The number of amides is 1. The van der Waals surface area contributed by atoms with Crippen LogP contribution in [0.5, 0.6) is 5.75 Å². The number of hydrogen-bond donors (Lipinski definition) is 3. The van der Waals surface area contributed by atoms with Crippen molar-refractivity contribution in [1.29, 1.82) is 0 Å². The number of sulfonamides is 1. The first-order valence-electron chi connectivity index (χ1n) is 14.7. The van der Waals surface area contributed by atoms with Crippen molar-refractivity contribution in [1.82, 2.24) is 10.0 Å². The molecular formula is C32H49N3O4S. The van der Waals surface area contributed by atoms with Gasteiger partial charge in [0.05, 0.1) is 11.8 Å². The summed E-state index contributed by atoms with van der Waals surface area (Å²) in [5, 5.41) is 13.1. The summed E-state index contributed by atoms with van der Waals surface area (Å²) in [4.78, 5) is 15.4. The van der Waals surface area contributed by atoms with Crippen LogP contribution < -0.4 is 14.9 Å². The van der Waals surface area contributed by atoms with Crippen LogP contribution in [0.25, 0.3) is 0 Å². The Hall–Kier alpha value is -2.58. The molecule has 2 aromatic rings. The first-order chi connectivity index (χ1) is 18.8. The van der Waals surface area contributed by atoms with Gasteiger partial charge in [-0.3, -0.25) is 4.79 Å². The highest BCUT2D eigenvalue weighted by atomic mass is 32.2. The maximum Gasteiger partial charge on any atom is 0.255 e. The molecule has 0 saturated carbocycles. The lowest BCUT2D eigenvalue weighted by Crippen LogP contribution is -2.36. The molecule has 0 spiro atoms. The van der Waals surface area contributed by atoms with Gasteiger partial charge >= 0.3 is 0 Å². The number of carbonyl (C=O) groups is 1. The molecule has 0 aromatic heterocycles. The van der Waals surface area contributed by atoms with E-state index in [4.69, 9.17) is 0 Å². The van der Waals surface area contributed by atoms with E-state index in [2.05, 4.69) is 49.6 Å². The molecule has 0 fully saturated rings. The zero-order valence-electron chi connectivity index (χ0n) is 25.3. The number of carbonyl (C=O) groups excluding carboxylic acids is 1. The minimum atomic E-state index is -3.33. The second-order valence-electron chi connectivity index (χ2n) is 12.2. The lowest BCUT2D eigenvalue weighted by Gasteiger charge is -2.32. The van der Waals surface area contributed by atoms with E-state index >= 15 is 0 Å². The van der Waals surface area contributed by atoms with E-state index in [0.717, 1.165) is 43.5 Å². The van der Waals surface area contributed by atoms with E-state index in [9.17, 15) is 18.3 Å². The summed E-state index contributed by atoms with van der Waals surface area (Å²) in [7, 11) is -3.33. The lowest BCUT2D eigenvalue weighted by atomic mass is 9.80. The van der Waals surface area contributed by atoms with Crippen LogP contribution in [-0.4, -0.2) is 45.3 Å². The van der Waals surface area contributed by atoms with E-state index in [1.165, 1.54) is 66.8 Å². The highest BCUT2D eigenvalue weighted by molar-refractivity contribution is 7.88. The number of aromatic hydroxyl groups is 1. The normalized spacial score (nSPS) is 13.5. The van der Waals surface area contributed by atoms with Crippen molar-refractivity contribution >= 4 is 21.6 Å². The van der Waals surface area contributed by atoms with Crippen molar-refractivity contribution < 1.29 is 18.3 Å². The van der Waals surface area contributed by atoms with Gasteiger partial charge in [-0.25, -0.2) is 13.1 Å². The van der Waals surface area contributed by atoms with E-state index < -0.39 is 10.0 Å². The summed E-state index contributed by atoms with van der Waals surface area (Å²) >= 11 is 0. The minimum Gasteiger partial charge on any atom is -0.507 e. The van der Waals surface area contributed by atoms with Crippen LogP contribution in [0.1, 0.15) is 97.5 Å². The Morgan fingerprint density at radius 1 is 1.02 bits per heavy atom. The number of unbranched alkanes of at least 4 members (excludes halogenated alkanes) is 5. The molecule has 40 heavy (non-hydrogen) atoms. The van der Waals surface area contributed by atoms with Crippen LogP contribution in [0, 0.1) is 19.3 Å². The SMILES string of the molecule is CCCCCCCCN1CCc2c(C)c(CNS(C)(=O)=O)c(C)c(CC(C)(C)CNC(=O)c3ccccc3O)c21. The number of rotatable bonds is 15. The van der Waals surface area contributed by atoms with E-state index in [1.54, 1.807) is 18.2 Å². The van der Waals surface area contributed by atoms with E-state index in [1.807, 2.05) is 0 Å². The van der Waals surface area contributed by atoms with Gasteiger partial charge in [0.25, 0.3) is 5.91 Å². The molecule has 0 aliphatic carbocycles. The molecule has 222 valence electrons. The highest BCUT2D eigenvalue weighted by Gasteiger charge is 2.31. The van der Waals surface area contributed by atoms with E-state index in [-0.39, 0.29) is 29.2 Å². The van der Waals surface area contributed by atoms with Gasteiger partial charge in [-0.2, -0.15) is 0 Å². The fraction of sp³-hybridized carbons (Fsp3) is 0.594. The first-order valence-corrected chi connectivity index (χ1v) is 16.6. The molecule has 2 aromatic carbocycles. The Balaban J connectivity index is 1.87. The molecule has 0 bridgehead atoms. The van der Waals surface area contributed by atoms with Gasteiger partial charge in [0, 0.05) is 31.9 Å². The third-order valence-corrected chi connectivity index (χ3v) is 8.82. The number of phenolic OH excluding ortho intramolecular Hbond substituents is 1. The maximum absolute atomic E-state index is 12.8. The summed E-state index contributed by atoms with van der Waals surface area (Å²) in [6.07, 6.45) is 10.4. The maximum atomic E-state index is 12.8. The number of fused-ring (bicyclic) bond motifs is 1. The average molecular weight is 572 g/mol. The number of nitrogens with zero attached hydrogens (tertiary/aromatic N) is 1. The molecule has 0 radical (unpaired) electrons. The van der Waals surface area contributed by atoms with Gasteiger partial charge in [-0.05, 0) is 78.5 Å². The monoisotopic (exact) mass is 571 g/mol. The lowest BCUT2D eigenvalue weighted by molar-refractivity contribution is 0.0933. The number of phenols is 1. The molecule has 0 unspecified atom stereocenters. The van der Waals surface area contributed by atoms with Crippen LogP contribution >= 0.6 is 0 Å². The topological polar surface area (TPSA) is 98.7 Å². The van der Waals surface area contributed by atoms with Crippen molar-refractivity contribution in [3.63, 3.8) is 0 Å². The Labute approximate surface area is 241 Å². The second-order valence-corrected chi connectivity index (χ2v) is 14.0. The first kappa shape index (κ1) is 31.9. The summed E-state index contributed by atoms with van der Waals surface area (Å²) in [5.74, 6) is -0.321. The number of nitrogens with one attached hydrogen (secondary N) is 2.